The third-order valence-corrected chi connectivity index (χ3v) is 3.62. The Morgan fingerprint density at radius 1 is 1.39 bits per heavy atom. The fraction of sp³-hybridized carbons (Fsp3) is 0.833. The number of rotatable bonds is 7. The van der Waals surface area contributed by atoms with Crippen molar-refractivity contribution in [3.05, 3.63) is 0 Å². The minimum Gasteiger partial charge on any atom is -0.477 e. The average Bonchev–Trinajstić information content (AvgIpc) is 2.54. The summed E-state index contributed by atoms with van der Waals surface area (Å²) in [6.45, 7) is -1.78. The molecule has 1 fully saturated rings. The van der Waals surface area contributed by atoms with Gasteiger partial charge in [0.1, 0.15) is 24.9 Å². The van der Waals surface area contributed by atoms with Gasteiger partial charge in [-0.2, -0.15) is 0 Å². The Balaban J connectivity index is 3.14. The number of carbonyl (C=O) groups is 2. The quantitative estimate of drug-likeness (QED) is 0.239. The van der Waals surface area contributed by atoms with Crippen molar-refractivity contribution in [2.75, 3.05) is 20.3 Å². The predicted molar refractivity (Wildman–Crippen MR) is 71.0 cm³/mol. The number of hydrogen-bond donors (Lipinski definition) is 7. The summed E-state index contributed by atoms with van der Waals surface area (Å²) in [6.07, 6.45) is -7.28. The van der Waals surface area contributed by atoms with Crippen LogP contribution in [0.5, 0.6) is 0 Å². The van der Waals surface area contributed by atoms with E-state index in [2.05, 4.69) is 5.32 Å². The molecule has 0 aromatic heterocycles. The molecule has 1 saturated heterocycles. The molecule has 1 heterocycles. The molecule has 1 aliphatic rings. The molecule has 0 aromatic rings. The first kappa shape index (κ1) is 19.7. The summed E-state index contributed by atoms with van der Waals surface area (Å²) in [5.74, 6) is -4.80. The van der Waals surface area contributed by atoms with Crippen LogP contribution in [0.1, 0.15) is 6.42 Å². The van der Waals surface area contributed by atoms with E-state index >= 15 is 0 Å². The number of carbonyl (C=O) groups excluding carboxylic acids is 1. The smallest absolute Gasteiger partial charge is 0.364 e. The summed E-state index contributed by atoms with van der Waals surface area (Å²) in [7, 11) is 1.01. The second-order valence-corrected chi connectivity index (χ2v) is 5.11. The number of aliphatic carboxylic acids is 1. The lowest BCUT2D eigenvalue weighted by molar-refractivity contribution is -0.303. The molecule has 1 amide bonds. The number of aliphatic hydroxyl groups excluding tert-OH is 5. The summed E-state index contributed by atoms with van der Waals surface area (Å²) in [4.78, 5) is 22.7. The number of hydrogen-bond acceptors (Lipinski definition) is 9. The summed E-state index contributed by atoms with van der Waals surface area (Å²) in [6, 6.07) is -1.34. The lowest BCUT2D eigenvalue weighted by atomic mass is 9.88. The fourth-order valence-corrected chi connectivity index (χ4v) is 2.34. The zero-order valence-corrected chi connectivity index (χ0v) is 12.3. The topological polar surface area (TPSA) is 186 Å². The van der Waals surface area contributed by atoms with Crippen LogP contribution >= 0.6 is 0 Å². The van der Waals surface area contributed by atoms with Gasteiger partial charge in [0, 0.05) is 13.5 Å². The Morgan fingerprint density at radius 3 is 2.43 bits per heavy atom. The zero-order valence-electron chi connectivity index (χ0n) is 12.3. The summed E-state index contributed by atoms with van der Waals surface area (Å²) in [5.41, 5.74) is 0. The van der Waals surface area contributed by atoms with Crippen molar-refractivity contribution >= 4 is 11.9 Å². The Kier molecular flexibility index (Phi) is 6.83. The molecule has 0 spiro atoms. The van der Waals surface area contributed by atoms with E-state index in [1.807, 2.05) is 0 Å². The Labute approximate surface area is 131 Å². The van der Waals surface area contributed by atoms with Crippen LogP contribution < -0.4 is 5.32 Å². The largest absolute Gasteiger partial charge is 0.477 e. The van der Waals surface area contributed by atoms with Crippen LogP contribution in [-0.2, 0) is 19.1 Å². The molecule has 6 unspecified atom stereocenters. The van der Waals surface area contributed by atoms with Crippen LogP contribution in [0.3, 0.4) is 0 Å². The molecule has 0 saturated carbocycles. The molecule has 11 nitrogen and oxygen atoms in total. The number of amides is 1. The van der Waals surface area contributed by atoms with Crippen LogP contribution in [-0.4, -0.2) is 99.1 Å². The third kappa shape index (κ3) is 4.14. The molecule has 0 radical (unpaired) electrons. The van der Waals surface area contributed by atoms with Crippen LogP contribution in [0.25, 0.3) is 0 Å². The SMILES string of the molecule is COC1(C(=O)O)CC(O)C(NC(=O)CO)C(C(O)C(O)CO)O1. The second-order valence-electron chi connectivity index (χ2n) is 5.11. The average molecular weight is 339 g/mol. The number of carboxylic acids is 1. The molecule has 6 atom stereocenters. The van der Waals surface area contributed by atoms with Gasteiger partial charge in [-0.1, -0.05) is 0 Å². The number of carboxylic acid groups (broad SMARTS) is 1. The monoisotopic (exact) mass is 339 g/mol. The zero-order chi connectivity index (χ0) is 17.8. The first-order valence-corrected chi connectivity index (χ1v) is 6.74. The number of ether oxygens (including phenoxy) is 2. The fourth-order valence-electron chi connectivity index (χ4n) is 2.34. The molecule has 23 heavy (non-hydrogen) atoms. The van der Waals surface area contributed by atoms with E-state index < -0.39 is 67.8 Å². The van der Waals surface area contributed by atoms with E-state index in [4.69, 9.17) is 19.7 Å². The number of methoxy groups -OCH3 is 1. The van der Waals surface area contributed by atoms with Gasteiger partial charge in [-0.05, 0) is 0 Å². The van der Waals surface area contributed by atoms with Crippen LogP contribution in [0, 0.1) is 0 Å². The van der Waals surface area contributed by atoms with Crippen LogP contribution in [0.2, 0.25) is 0 Å². The maximum atomic E-state index is 11.4. The minimum atomic E-state index is -2.30. The van der Waals surface area contributed by atoms with E-state index in [-0.39, 0.29) is 0 Å². The van der Waals surface area contributed by atoms with Crippen molar-refractivity contribution in [3.63, 3.8) is 0 Å². The molecule has 0 aliphatic carbocycles. The standard InChI is InChI=1S/C12H21NO10/c1-22-12(11(20)21)2-5(16)8(13-7(18)4-15)10(23-12)9(19)6(17)3-14/h5-6,8-10,14-17,19H,2-4H2,1H3,(H,13,18)(H,20,21). The van der Waals surface area contributed by atoms with E-state index in [0.29, 0.717) is 0 Å². The normalized spacial score (nSPS) is 33.7. The van der Waals surface area contributed by atoms with Gasteiger partial charge >= 0.3 is 5.97 Å². The number of nitrogens with one attached hydrogen (secondary N) is 1. The third-order valence-electron chi connectivity index (χ3n) is 3.62. The Morgan fingerprint density at radius 2 is 2.00 bits per heavy atom. The lowest BCUT2D eigenvalue weighted by Crippen LogP contribution is -2.68. The molecule has 7 N–H and O–H groups in total. The van der Waals surface area contributed by atoms with Crippen molar-refractivity contribution in [3.8, 4) is 0 Å². The van der Waals surface area contributed by atoms with Crippen molar-refractivity contribution in [1.82, 2.24) is 5.32 Å². The molecule has 0 aromatic carbocycles. The maximum absolute atomic E-state index is 11.4. The van der Waals surface area contributed by atoms with Crippen molar-refractivity contribution in [2.45, 2.75) is 42.7 Å². The molecule has 1 rings (SSSR count). The number of aliphatic hydroxyl groups is 5. The second kappa shape index (κ2) is 7.97. The van der Waals surface area contributed by atoms with Crippen molar-refractivity contribution in [2.24, 2.45) is 0 Å². The Hall–Kier alpha value is -1.34. The van der Waals surface area contributed by atoms with Gasteiger partial charge in [0.15, 0.2) is 0 Å². The van der Waals surface area contributed by atoms with E-state index in [1.54, 1.807) is 0 Å². The van der Waals surface area contributed by atoms with Gasteiger partial charge in [-0.15, -0.1) is 0 Å². The maximum Gasteiger partial charge on any atom is 0.364 e. The van der Waals surface area contributed by atoms with Gasteiger partial charge in [0.25, 0.3) is 5.79 Å². The summed E-state index contributed by atoms with van der Waals surface area (Å²) in [5, 5.41) is 58.8. The van der Waals surface area contributed by atoms with Crippen LogP contribution in [0.4, 0.5) is 0 Å². The van der Waals surface area contributed by atoms with Gasteiger partial charge in [0.05, 0.1) is 18.8 Å². The lowest BCUT2D eigenvalue weighted by Gasteiger charge is -2.46. The highest BCUT2D eigenvalue weighted by Gasteiger charge is 2.55. The van der Waals surface area contributed by atoms with Crippen LogP contribution in [0.15, 0.2) is 0 Å². The molecule has 134 valence electrons. The van der Waals surface area contributed by atoms with E-state index in [0.717, 1.165) is 7.11 Å². The minimum absolute atomic E-state index is 0.576. The molecular weight excluding hydrogens is 318 g/mol. The summed E-state index contributed by atoms with van der Waals surface area (Å²) >= 11 is 0. The highest BCUT2D eigenvalue weighted by Crippen LogP contribution is 2.32. The first-order valence-electron chi connectivity index (χ1n) is 6.74. The molecule has 1 aliphatic heterocycles. The highest BCUT2D eigenvalue weighted by atomic mass is 16.7. The van der Waals surface area contributed by atoms with Gasteiger partial charge in [-0.3, -0.25) is 4.79 Å². The van der Waals surface area contributed by atoms with E-state index in [1.165, 1.54) is 0 Å². The van der Waals surface area contributed by atoms with Crippen molar-refractivity contribution in [1.29, 1.82) is 0 Å². The molecule has 0 bridgehead atoms. The van der Waals surface area contributed by atoms with Gasteiger partial charge in [0.2, 0.25) is 5.91 Å². The molecular formula is C12H21NO10. The Bertz CT molecular complexity index is 432. The van der Waals surface area contributed by atoms with E-state index in [9.17, 15) is 30.0 Å². The van der Waals surface area contributed by atoms with Crippen molar-refractivity contribution < 1.29 is 49.7 Å². The highest BCUT2D eigenvalue weighted by molar-refractivity contribution is 5.78. The predicted octanol–water partition coefficient (Wildman–Crippen LogP) is -4.25. The van der Waals surface area contributed by atoms with Gasteiger partial charge < -0.3 is 45.4 Å². The summed E-state index contributed by atoms with van der Waals surface area (Å²) < 4.78 is 9.98. The van der Waals surface area contributed by atoms with Gasteiger partial charge in [-0.25, -0.2) is 4.79 Å². The molecule has 11 heteroatoms. The first-order chi connectivity index (χ1) is 10.7.